The highest BCUT2D eigenvalue weighted by molar-refractivity contribution is 5.76. The Labute approximate surface area is 99.2 Å². The van der Waals surface area contributed by atoms with E-state index in [4.69, 9.17) is 7.06 Å². The Morgan fingerprint density at radius 2 is 2.38 bits per heavy atom. The molecule has 6 nitrogen and oxygen atoms in total. The maximum Gasteiger partial charge on any atom is 0.325 e. The standard InChI is InChI=1S/C10H13NO5/c1-16-10(15)8(11)9(14)5-2-3-6(12)7(13)4-5/h2-4,8-9,12-14H,11H2,1H3/t8-,9-/m1/s1/i8D/hD4. The molecule has 0 amide bonds. The van der Waals surface area contributed by atoms with Gasteiger partial charge in [-0.1, -0.05) is 6.07 Å². The van der Waals surface area contributed by atoms with Gasteiger partial charge >= 0.3 is 5.97 Å². The minimum atomic E-state index is -2.74. The van der Waals surface area contributed by atoms with Crippen molar-refractivity contribution in [3.8, 4) is 11.5 Å². The van der Waals surface area contributed by atoms with Gasteiger partial charge in [0.2, 0.25) is 0 Å². The number of methoxy groups -OCH3 is 1. The number of aliphatic hydroxyl groups excluding tert-OH is 1. The van der Waals surface area contributed by atoms with Crippen molar-refractivity contribution >= 4 is 5.97 Å². The minimum Gasteiger partial charge on any atom is -0.504 e. The Balaban J connectivity index is 3.27. The summed E-state index contributed by atoms with van der Waals surface area (Å²) in [5, 5.41) is 18.5. The molecule has 0 bridgehead atoms. The summed E-state index contributed by atoms with van der Waals surface area (Å²) in [5.41, 5.74) is -0.387. The zero-order valence-corrected chi connectivity index (χ0v) is 8.34. The third-order valence-electron chi connectivity index (χ3n) is 1.94. The molecule has 0 spiro atoms. The number of aromatic hydroxyl groups is 2. The van der Waals surface area contributed by atoms with Gasteiger partial charge in [0.25, 0.3) is 2.86 Å². The number of phenolic OH excluding ortho intramolecular Hbond substituents is 2. The summed E-state index contributed by atoms with van der Waals surface area (Å²) in [6.07, 6.45) is -1.94. The third kappa shape index (κ3) is 2.41. The van der Waals surface area contributed by atoms with Gasteiger partial charge in [0.15, 0.2) is 11.5 Å². The highest BCUT2D eigenvalue weighted by atomic mass is 16.5. The number of benzene rings is 1. The number of carbonyl (C=O) groups excluding carboxylic acids is 1. The summed E-state index contributed by atoms with van der Waals surface area (Å²) >= 11 is 0. The molecule has 0 unspecified atom stereocenters. The summed E-state index contributed by atoms with van der Waals surface area (Å²) < 4.78 is 40.0. The van der Waals surface area contributed by atoms with Crippen LogP contribution in [-0.2, 0) is 9.53 Å². The van der Waals surface area contributed by atoms with E-state index in [1.807, 2.05) is 0 Å². The Hall–Kier alpha value is -1.79. The lowest BCUT2D eigenvalue weighted by atomic mass is 10.0. The molecule has 0 aliphatic rings. The summed E-state index contributed by atoms with van der Waals surface area (Å²) in [4.78, 5) is 11.6. The molecule has 0 heterocycles. The largest absolute Gasteiger partial charge is 0.504 e. The van der Waals surface area contributed by atoms with Crippen LogP contribution in [0.5, 0.6) is 11.5 Å². The molecule has 16 heavy (non-hydrogen) atoms. The molecule has 2 atom stereocenters. The number of esters is 1. The van der Waals surface area contributed by atoms with Crippen LogP contribution >= 0.6 is 0 Å². The van der Waals surface area contributed by atoms with Crippen LogP contribution in [-0.4, -0.2) is 37.3 Å². The van der Waals surface area contributed by atoms with Crippen molar-refractivity contribution in [2.45, 2.75) is 12.1 Å². The van der Waals surface area contributed by atoms with Crippen LogP contribution in [0.4, 0.5) is 0 Å². The molecule has 0 aliphatic carbocycles. The number of hydrogen-bond donors (Lipinski definition) is 4. The molecule has 5 N–H and O–H groups in total. The Morgan fingerprint density at radius 3 is 2.94 bits per heavy atom. The van der Waals surface area contributed by atoms with E-state index in [-0.39, 0.29) is 22.8 Å². The van der Waals surface area contributed by atoms with E-state index in [9.17, 15) is 9.90 Å². The van der Waals surface area contributed by atoms with Gasteiger partial charge < -0.3 is 25.8 Å². The third-order valence-corrected chi connectivity index (χ3v) is 1.94. The summed E-state index contributed by atoms with van der Waals surface area (Å²) in [6.45, 7) is 0. The van der Waals surface area contributed by atoms with Crippen LogP contribution < -0.4 is 5.72 Å². The SMILES string of the molecule is [2H]Oc1ccc([C@@H](O)[C@]([2H])(C(=O)OC)N([2H])[2H])cc1O[2H]. The molecule has 88 valence electrons. The molecular formula is C10H13NO5. The smallest absolute Gasteiger partial charge is 0.325 e. The first-order valence-electron chi connectivity index (χ1n) is 6.48. The number of carbonyl (C=O) groups is 1. The summed E-state index contributed by atoms with van der Waals surface area (Å²) in [7, 11) is 0.956. The highest BCUT2D eigenvalue weighted by Crippen LogP contribution is 2.28. The van der Waals surface area contributed by atoms with E-state index in [2.05, 4.69) is 15.0 Å². The topological polar surface area (TPSA) is 113 Å². The monoisotopic (exact) mass is 232 g/mol. The normalized spacial score (nSPS) is 20.3. The fraction of sp³-hybridized carbons (Fsp3) is 0.300. The van der Waals surface area contributed by atoms with E-state index in [0.717, 1.165) is 13.2 Å². The predicted molar refractivity (Wildman–Crippen MR) is 54.7 cm³/mol. The highest BCUT2D eigenvalue weighted by Gasteiger charge is 2.25. The van der Waals surface area contributed by atoms with Gasteiger partial charge in [-0.15, -0.1) is 0 Å². The molecule has 1 aromatic carbocycles. The van der Waals surface area contributed by atoms with Gasteiger partial charge in [-0.25, -0.2) is 0 Å². The van der Waals surface area contributed by atoms with Crippen molar-refractivity contribution < 1.29 is 29.0 Å². The van der Waals surface area contributed by atoms with Crippen molar-refractivity contribution in [2.24, 2.45) is 5.72 Å². The number of ether oxygens (including phenoxy) is 1. The molecule has 1 aromatic rings. The number of hydrogen-bond acceptors (Lipinski definition) is 6. The van der Waals surface area contributed by atoms with Crippen LogP contribution in [0.3, 0.4) is 0 Å². The van der Waals surface area contributed by atoms with E-state index in [1.54, 1.807) is 0 Å². The maximum atomic E-state index is 11.6. The van der Waals surface area contributed by atoms with E-state index in [0.29, 0.717) is 0 Å². The Morgan fingerprint density at radius 1 is 1.62 bits per heavy atom. The van der Waals surface area contributed by atoms with Crippen molar-refractivity contribution in [2.75, 3.05) is 7.11 Å². The predicted octanol–water partition coefficient (Wildman–Crippen LogP) is -0.369. The summed E-state index contributed by atoms with van der Waals surface area (Å²) in [5.74, 6) is -1.67. The van der Waals surface area contributed by atoms with Gasteiger partial charge in [-0.2, -0.15) is 0 Å². The number of rotatable bonds is 6. The van der Waals surface area contributed by atoms with Crippen molar-refractivity contribution in [3.05, 3.63) is 23.8 Å². The van der Waals surface area contributed by atoms with Gasteiger partial charge in [-0.3, -0.25) is 4.79 Å². The van der Waals surface area contributed by atoms with Crippen molar-refractivity contribution in [3.63, 3.8) is 0 Å². The number of nitrogens with two attached hydrogens (primary N) is 1. The van der Waals surface area contributed by atoms with E-state index < -0.39 is 18.1 Å². The van der Waals surface area contributed by atoms with Crippen LogP contribution in [0.1, 0.15) is 13.0 Å². The molecule has 0 aromatic heterocycles. The second-order valence-corrected chi connectivity index (χ2v) is 2.99. The van der Waals surface area contributed by atoms with Crippen LogP contribution in [0.15, 0.2) is 18.2 Å². The molecule has 1 rings (SSSR count). The Bertz CT molecular complexity index is 517. The first kappa shape index (κ1) is 6.72. The van der Waals surface area contributed by atoms with Gasteiger partial charge in [0.05, 0.1) is 8.48 Å². The van der Waals surface area contributed by atoms with Crippen molar-refractivity contribution in [1.29, 1.82) is 2.86 Å². The average Bonchev–Trinajstić information content (AvgIpc) is 2.51. The van der Waals surface area contributed by atoms with Crippen LogP contribution in [0.25, 0.3) is 0 Å². The molecule has 0 aliphatic heterocycles. The first-order valence-corrected chi connectivity index (χ1v) is 4.27. The maximum absolute atomic E-state index is 11.6. The zero-order valence-electron chi connectivity index (χ0n) is 13.3. The van der Waals surface area contributed by atoms with E-state index >= 15 is 0 Å². The quantitative estimate of drug-likeness (QED) is 0.393. The van der Waals surface area contributed by atoms with E-state index in [1.165, 1.54) is 12.1 Å². The van der Waals surface area contributed by atoms with Gasteiger partial charge in [0.1, 0.15) is 14.9 Å². The number of phenols is 2. The molecule has 0 radical (unpaired) electrons. The zero-order chi connectivity index (χ0) is 16.2. The fourth-order valence-corrected chi connectivity index (χ4v) is 1.07. The van der Waals surface area contributed by atoms with Gasteiger partial charge in [0, 0.05) is 0 Å². The number of aliphatic hydroxyl groups is 1. The average molecular weight is 232 g/mol. The first-order chi connectivity index (χ1) is 9.82. The molecule has 6 heteroatoms. The summed E-state index contributed by atoms with van der Waals surface area (Å²) in [6, 6.07) is 0.687. The lowest BCUT2D eigenvalue weighted by molar-refractivity contribution is -0.145. The minimum absolute atomic E-state index is 0.0945. The lowest BCUT2D eigenvalue weighted by Crippen LogP contribution is -2.37. The van der Waals surface area contributed by atoms with Crippen LogP contribution in [0, 0.1) is 0 Å². The lowest BCUT2D eigenvalue weighted by Gasteiger charge is -2.17. The molecule has 0 saturated heterocycles. The fourth-order valence-electron chi connectivity index (χ4n) is 1.07. The second kappa shape index (κ2) is 4.82. The molecular weight excluding hydrogens is 214 g/mol. The van der Waals surface area contributed by atoms with Crippen LogP contribution in [0.2, 0.25) is 2.82 Å². The van der Waals surface area contributed by atoms with Gasteiger partial charge in [-0.05, 0) is 17.7 Å². The second-order valence-electron chi connectivity index (χ2n) is 2.99. The molecule has 0 saturated carbocycles. The van der Waals surface area contributed by atoms with Crippen molar-refractivity contribution in [1.82, 2.24) is 0 Å². The Kier molecular flexibility index (Phi) is 2.03. The molecule has 0 fully saturated rings.